The Labute approximate surface area is 125 Å². The summed E-state index contributed by atoms with van der Waals surface area (Å²) in [4.78, 5) is 12.1. The quantitative estimate of drug-likeness (QED) is 0.715. The summed E-state index contributed by atoms with van der Waals surface area (Å²) in [5.74, 6) is 0.359. The molecule has 0 saturated carbocycles. The number of phenolic OH excluding ortho intramolecular Hbond substituents is 1. The smallest absolute Gasteiger partial charge is 0.327 e. The van der Waals surface area contributed by atoms with Gasteiger partial charge in [-0.3, -0.25) is 0 Å². The van der Waals surface area contributed by atoms with Gasteiger partial charge in [-0.25, -0.2) is 4.79 Å². The molecular formula is C15H23NO5. The fraction of sp³-hybridized carbons (Fsp3) is 0.533. The second kappa shape index (κ2) is 8.36. The standard InChI is InChI=1S/C15H23NO5/c1-5-7-16-14(15(18)21-6-2)10-8-12(19-3)13(20-4)9-11(10)17/h8-9,14,16-17H,5-7H2,1-4H3. The average molecular weight is 297 g/mol. The van der Waals surface area contributed by atoms with Crippen LogP contribution in [-0.4, -0.2) is 38.4 Å². The van der Waals surface area contributed by atoms with Crippen LogP contribution in [-0.2, 0) is 9.53 Å². The maximum atomic E-state index is 12.1. The molecule has 1 atom stereocenters. The van der Waals surface area contributed by atoms with Gasteiger partial charge in [0.2, 0.25) is 0 Å². The molecule has 6 nitrogen and oxygen atoms in total. The monoisotopic (exact) mass is 297 g/mol. The van der Waals surface area contributed by atoms with E-state index in [1.807, 2.05) is 6.92 Å². The lowest BCUT2D eigenvalue weighted by molar-refractivity contribution is -0.145. The number of hydrogen-bond donors (Lipinski definition) is 2. The van der Waals surface area contributed by atoms with E-state index in [1.54, 1.807) is 13.0 Å². The zero-order chi connectivity index (χ0) is 15.8. The lowest BCUT2D eigenvalue weighted by atomic mass is 10.0. The fourth-order valence-corrected chi connectivity index (χ4v) is 1.95. The molecular weight excluding hydrogens is 274 g/mol. The Morgan fingerprint density at radius 3 is 2.38 bits per heavy atom. The van der Waals surface area contributed by atoms with E-state index in [9.17, 15) is 9.90 Å². The van der Waals surface area contributed by atoms with Crippen LogP contribution in [0.3, 0.4) is 0 Å². The van der Waals surface area contributed by atoms with Crippen LogP contribution >= 0.6 is 0 Å². The maximum absolute atomic E-state index is 12.1. The Balaban J connectivity index is 3.19. The van der Waals surface area contributed by atoms with Crippen molar-refractivity contribution in [3.8, 4) is 17.2 Å². The van der Waals surface area contributed by atoms with Crippen molar-refractivity contribution in [2.24, 2.45) is 0 Å². The highest BCUT2D eigenvalue weighted by Crippen LogP contribution is 2.37. The van der Waals surface area contributed by atoms with Gasteiger partial charge in [-0.2, -0.15) is 0 Å². The third-order valence-corrected chi connectivity index (χ3v) is 2.96. The van der Waals surface area contributed by atoms with E-state index >= 15 is 0 Å². The molecule has 2 N–H and O–H groups in total. The molecule has 0 heterocycles. The molecule has 21 heavy (non-hydrogen) atoms. The van der Waals surface area contributed by atoms with Crippen LogP contribution in [0.15, 0.2) is 12.1 Å². The number of phenols is 1. The van der Waals surface area contributed by atoms with Gasteiger partial charge < -0.3 is 24.6 Å². The molecule has 0 aliphatic rings. The molecule has 1 aromatic carbocycles. The lowest BCUT2D eigenvalue weighted by Gasteiger charge is -2.20. The Hall–Kier alpha value is -1.95. The number of benzene rings is 1. The minimum atomic E-state index is -0.746. The fourth-order valence-electron chi connectivity index (χ4n) is 1.95. The van der Waals surface area contributed by atoms with Gasteiger partial charge in [0.1, 0.15) is 11.8 Å². The molecule has 0 aliphatic carbocycles. The van der Waals surface area contributed by atoms with E-state index in [1.165, 1.54) is 20.3 Å². The van der Waals surface area contributed by atoms with Gasteiger partial charge in [0.05, 0.1) is 20.8 Å². The molecule has 0 fully saturated rings. The van der Waals surface area contributed by atoms with Crippen molar-refractivity contribution in [2.75, 3.05) is 27.4 Å². The van der Waals surface area contributed by atoms with Crippen molar-refractivity contribution >= 4 is 5.97 Å². The van der Waals surface area contributed by atoms with Crippen molar-refractivity contribution in [2.45, 2.75) is 26.3 Å². The molecule has 0 aliphatic heterocycles. The highest BCUT2D eigenvalue weighted by Gasteiger charge is 2.26. The van der Waals surface area contributed by atoms with E-state index in [2.05, 4.69) is 5.32 Å². The summed E-state index contributed by atoms with van der Waals surface area (Å²) in [6.45, 7) is 4.63. The predicted octanol–water partition coefficient (Wildman–Crippen LogP) is 2.01. The molecule has 118 valence electrons. The molecule has 1 aromatic rings. The molecule has 0 aromatic heterocycles. The van der Waals surface area contributed by atoms with Gasteiger partial charge in [0.25, 0.3) is 0 Å². The number of aromatic hydroxyl groups is 1. The van der Waals surface area contributed by atoms with Crippen LogP contribution in [0.25, 0.3) is 0 Å². The Morgan fingerprint density at radius 1 is 1.24 bits per heavy atom. The van der Waals surface area contributed by atoms with Crippen LogP contribution in [0.5, 0.6) is 17.2 Å². The molecule has 0 saturated heterocycles. The van der Waals surface area contributed by atoms with Crippen LogP contribution in [0.1, 0.15) is 31.9 Å². The zero-order valence-electron chi connectivity index (χ0n) is 12.9. The number of ether oxygens (including phenoxy) is 3. The summed E-state index contributed by atoms with van der Waals surface area (Å²) < 4.78 is 15.4. The summed E-state index contributed by atoms with van der Waals surface area (Å²) in [5.41, 5.74) is 0.402. The predicted molar refractivity (Wildman–Crippen MR) is 78.9 cm³/mol. The number of carbonyl (C=O) groups is 1. The number of rotatable bonds is 8. The number of methoxy groups -OCH3 is 2. The summed E-state index contributed by atoms with van der Waals surface area (Å²) in [7, 11) is 2.98. The zero-order valence-corrected chi connectivity index (χ0v) is 12.9. The van der Waals surface area contributed by atoms with Crippen LogP contribution in [0, 0.1) is 0 Å². The number of hydrogen-bond acceptors (Lipinski definition) is 6. The van der Waals surface area contributed by atoms with Crippen molar-refractivity contribution < 1.29 is 24.1 Å². The topological polar surface area (TPSA) is 77.0 Å². The van der Waals surface area contributed by atoms with Crippen molar-refractivity contribution in [3.05, 3.63) is 17.7 Å². The largest absolute Gasteiger partial charge is 0.507 e. The number of esters is 1. The first-order valence-electron chi connectivity index (χ1n) is 6.93. The maximum Gasteiger partial charge on any atom is 0.327 e. The minimum absolute atomic E-state index is 0.0469. The highest BCUT2D eigenvalue weighted by atomic mass is 16.5. The van der Waals surface area contributed by atoms with E-state index in [0.717, 1.165) is 6.42 Å². The van der Waals surface area contributed by atoms with Gasteiger partial charge in [0, 0.05) is 11.6 Å². The van der Waals surface area contributed by atoms with Gasteiger partial charge in [-0.15, -0.1) is 0 Å². The summed E-state index contributed by atoms with van der Waals surface area (Å²) in [6, 6.07) is 2.26. The Bertz CT molecular complexity index is 475. The van der Waals surface area contributed by atoms with Crippen molar-refractivity contribution in [3.63, 3.8) is 0 Å². The second-order valence-corrected chi connectivity index (χ2v) is 4.41. The average Bonchev–Trinajstić information content (AvgIpc) is 2.48. The molecule has 0 radical (unpaired) electrons. The summed E-state index contributed by atoms with van der Waals surface area (Å²) in [6.07, 6.45) is 0.851. The first kappa shape index (κ1) is 17.1. The normalized spacial score (nSPS) is 11.8. The van der Waals surface area contributed by atoms with E-state index < -0.39 is 12.0 Å². The van der Waals surface area contributed by atoms with Crippen LogP contribution in [0.2, 0.25) is 0 Å². The third kappa shape index (κ3) is 4.26. The first-order valence-corrected chi connectivity index (χ1v) is 6.93. The van der Waals surface area contributed by atoms with E-state index in [0.29, 0.717) is 23.6 Å². The van der Waals surface area contributed by atoms with Gasteiger partial charge >= 0.3 is 5.97 Å². The third-order valence-electron chi connectivity index (χ3n) is 2.96. The molecule has 1 rings (SSSR count). The van der Waals surface area contributed by atoms with Gasteiger partial charge in [-0.05, 0) is 26.0 Å². The Morgan fingerprint density at radius 2 is 1.86 bits per heavy atom. The molecule has 6 heteroatoms. The number of carbonyl (C=O) groups excluding carboxylic acids is 1. The van der Waals surface area contributed by atoms with Crippen LogP contribution in [0.4, 0.5) is 0 Å². The summed E-state index contributed by atoms with van der Waals surface area (Å²) in [5, 5.41) is 13.2. The van der Waals surface area contributed by atoms with Crippen molar-refractivity contribution in [1.29, 1.82) is 0 Å². The summed E-state index contributed by atoms with van der Waals surface area (Å²) >= 11 is 0. The van der Waals surface area contributed by atoms with E-state index in [4.69, 9.17) is 14.2 Å². The van der Waals surface area contributed by atoms with E-state index in [-0.39, 0.29) is 12.4 Å². The highest BCUT2D eigenvalue weighted by molar-refractivity contribution is 5.79. The van der Waals surface area contributed by atoms with Gasteiger partial charge in [-0.1, -0.05) is 6.92 Å². The SMILES string of the molecule is CCCNC(C(=O)OCC)c1cc(OC)c(OC)cc1O. The van der Waals surface area contributed by atoms with Gasteiger partial charge in [0.15, 0.2) is 11.5 Å². The lowest BCUT2D eigenvalue weighted by Crippen LogP contribution is -2.31. The van der Waals surface area contributed by atoms with Crippen molar-refractivity contribution in [1.82, 2.24) is 5.32 Å². The Kier molecular flexibility index (Phi) is 6.81. The second-order valence-electron chi connectivity index (χ2n) is 4.41. The minimum Gasteiger partial charge on any atom is -0.507 e. The molecule has 1 unspecified atom stereocenters. The molecule has 0 spiro atoms. The molecule has 0 bridgehead atoms. The number of nitrogens with one attached hydrogen (secondary N) is 1. The first-order chi connectivity index (χ1) is 10.1. The molecule has 0 amide bonds. The van der Waals surface area contributed by atoms with Crippen LogP contribution < -0.4 is 14.8 Å².